The number of aryl methyl sites for hydroxylation is 1. The van der Waals surface area contributed by atoms with Crippen LogP contribution in [0.5, 0.6) is 11.6 Å². The number of ether oxygens (including phenoxy) is 1. The zero-order valence-corrected chi connectivity index (χ0v) is 29.2. The largest absolute Gasteiger partial charge is 0.438 e. The summed E-state index contributed by atoms with van der Waals surface area (Å²) in [4.78, 5) is 22.8. The van der Waals surface area contributed by atoms with Crippen molar-refractivity contribution in [2.75, 3.05) is 10.6 Å². The number of sulfone groups is 1. The number of anilines is 2. The standard InChI is InChI=1S/C39H38N6O4S/c1-25-12-14-27(15-13-25)45-36(24-34(44-45)39(2,3)4)43-38(46)41-32-18-19-33(31-11-6-5-10-30(31)32)49-37-20-21-40-35(42-37)23-26-8-7-9-29(22-26)50(47,48)28-16-17-28/h5-15,18-22,24,28H,16-17,23H2,1-4H3,(H2,41,43,46). The van der Waals surface area contributed by atoms with E-state index in [1.165, 1.54) is 0 Å². The van der Waals surface area contributed by atoms with Gasteiger partial charge >= 0.3 is 6.03 Å². The van der Waals surface area contributed by atoms with Gasteiger partial charge in [0, 0.05) is 40.9 Å². The summed E-state index contributed by atoms with van der Waals surface area (Å²) in [5.41, 5.74) is 4.02. The third-order valence-electron chi connectivity index (χ3n) is 8.58. The first-order valence-corrected chi connectivity index (χ1v) is 18.1. The third kappa shape index (κ3) is 7.09. The molecule has 0 unspecified atom stereocenters. The molecule has 1 aliphatic rings. The SMILES string of the molecule is Cc1ccc(-n2nc(C(C)(C)C)cc2NC(=O)Nc2ccc(Oc3ccnc(Cc4cccc(S(=O)(=O)C5CC5)c4)n3)c3ccccc23)cc1. The molecule has 1 aliphatic carbocycles. The first kappa shape index (κ1) is 33.0. The van der Waals surface area contributed by atoms with Gasteiger partial charge in [0.05, 0.1) is 27.2 Å². The molecule has 1 fully saturated rings. The van der Waals surface area contributed by atoms with E-state index in [0.29, 0.717) is 53.1 Å². The van der Waals surface area contributed by atoms with Crippen LogP contribution < -0.4 is 15.4 Å². The van der Waals surface area contributed by atoms with Gasteiger partial charge in [-0.1, -0.05) is 74.9 Å². The lowest BCUT2D eigenvalue weighted by Gasteiger charge is -2.14. The second-order valence-corrected chi connectivity index (χ2v) is 15.9. The number of rotatable bonds is 9. The molecule has 0 atom stereocenters. The molecule has 11 heteroatoms. The number of aromatic nitrogens is 4. The molecule has 0 saturated heterocycles. The van der Waals surface area contributed by atoms with Crippen LogP contribution in [0.15, 0.2) is 108 Å². The molecule has 0 aliphatic heterocycles. The van der Waals surface area contributed by atoms with Crippen LogP contribution in [0.1, 0.15) is 56.3 Å². The molecule has 10 nitrogen and oxygen atoms in total. The average molecular weight is 687 g/mol. The summed E-state index contributed by atoms with van der Waals surface area (Å²) in [5, 5.41) is 12.1. The Balaban J connectivity index is 1.10. The summed E-state index contributed by atoms with van der Waals surface area (Å²) < 4.78 is 33.5. The predicted molar refractivity (Wildman–Crippen MR) is 195 cm³/mol. The van der Waals surface area contributed by atoms with Gasteiger partial charge in [-0.15, -0.1) is 0 Å². The summed E-state index contributed by atoms with van der Waals surface area (Å²) >= 11 is 0. The van der Waals surface area contributed by atoms with Gasteiger partial charge in [-0.3, -0.25) is 5.32 Å². The smallest absolute Gasteiger partial charge is 0.324 e. The van der Waals surface area contributed by atoms with Crippen LogP contribution >= 0.6 is 0 Å². The molecule has 1 saturated carbocycles. The van der Waals surface area contributed by atoms with Crippen molar-refractivity contribution in [3.05, 3.63) is 126 Å². The summed E-state index contributed by atoms with van der Waals surface area (Å²) in [7, 11) is -3.30. The first-order valence-electron chi connectivity index (χ1n) is 16.5. The minimum absolute atomic E-state index is 0.219. The first-order chi connectivity index (χ1) is 23.9. The Hall–Kier alpha value is -5.55. The zero-order valence-electron chi connectivity index (χ0n) is 28.3. The van der Waals surface area contributed by atoms with Crippen molar-refractivity contribution in [3.63, 3.8) is 0 Å². The number of nitrogens with one attached hydrogen (secondary N) is 2. The third-order valence-corrected chi connectivity index (χ3v) is 10.8. The van der Waals surface area contributed by atoms with Crippen LogP contribution in [0.4, 0.5) is 16.3 Å². The Morgan fingerprint density at radius 2 is 1.66 bits per heavy atom. The second kappa shape index (κ2) is 13.1. The van der Waals surface area contributed by atoms with E-state index in [9.17, 15) is 13.2 Å². The van der Waals surface area contributed by atoms with Crippen LogP contribution in [0.25, 0.3) is 16.5 Å². The fraction of sp³-hybridized carbons (Fsp3) is 0.231. The lowest BCUT2D eigenvalue weighted by molar-refractivity contribution is 0.262. The van der Waals surface area contributed by atoms with Crippen molar-refractivity contribution in [2.45, 2.75) is 62.5 Å². The molecule has 4 aromatic carbocycles. The van der Waals surface area contributed by atoms with Crippen molar-refractivity contribution in [3.8, 4) is 17.3 Å². The maximum Gasteiger partial charge on any atom is 0.324 e. The summed E-state index contributed by atoms with van der Waals surface area (Å²) in [5.74, 6) is 1.96. The van der Waals surface area contributed by atoms with Gasteiger partial charge < -0.3 is 10.1 Å². The molecule has 0 spiro atoms. The van der Waals surface area contributed by atoms with Gasteiger partial charge in [0.1, 0.15) is 17.4 Å². The number of benzene rings is 4. The van der Waals surface area contributed by atoms with Gasteiger partial charge in [0.25, 0.3) is 0 Å². The fourth-order valence-electron chi connectivity index (χ4n) is 5.68. The van der Waals surface area contributed by atoms with Crippen molar-refractivity contribution in [2.24, 2.45) is 0 Å². The number of urea groups is 1. The molecule has 0 radical (unpaired) electrons. The van der Waals surface area contributed by atoms with Crippen LogP contribution in [0.3, 0.4) is 0 Å². The summed E-state index contributed by atoms with van der Waals surface area (Å²) in [6, 6.07) is 29.4. The maximum atomic E-state index is 13.5. The van der Waals surface area contributed by atoms with Gasteiger partial charge in [-0.25, -0.2) is 22.9 Å². The second-order valence-electron chi connectivity index (χ2n) is 13.6. The number of amides is 2. The Bertz CT molecular complexity index is 2320. The van der Waals surface area contributed by atoms with E-state index in [2.05, 4.69) is 41.4 Å². The molecule has 2 amide bonds. The Kier molecular flexibility index (Phi) is 8.61. The maximum absolute atomic E-state index is 13.5. The molecule has 2 N–H and O–H groups in total. The predicted octanol–water partition coefficient (Wildman–Crippen LogP) is 8.38. The monoisotopic (exact) mass is 686 g/mol. The van der Waals surface area contributed by atoms with Gasteiger partial charge in [-0.05, 0) is 61.7 Å². The van der Waals surface area contributed by atoms with Crippen molar-refractivity contribution in [1.29, 1.82) is 0 Å². The number of fused-ring (bicyclic) bond motifs is 1. The topological polar surface area (TPSA) is 128 Å². The van der Waals surface area contributed by atoms with E-state index in [0.717, 1.165) is 33.3 Å². The van der Waals surface area contributed by atoms with Crippen LogP contribution in [-0.2, 0) is 21.7 Å². The van der Waals surface area contributed by atoms with Gasteiger partial charge in [0.15, 0.2) is 9.84 Å². The highest BCUT2D eigenvalue weighted by Crippen LogP contribution is 2.35. The lowest BCUT2D eigenvalue weighted by atomic mass is 9.92. The molecule has 2 heterocycles. The lowest BCUT2D eigenvalue weighted by Crippen LogP contribution is -2.21. The van der Waals surface area contributed by atoms with Crippen molar-refractivity contribution >= 4 is 38.1 Å². The van der Waals surface area contributed by atoms with Gasteiger partial charge in [-0.2, -0.15) is 10.1 Å². The fourth-order valence-corrected chi connectivity index (χ4v) is 7.41. The quantitative estimate of drug-likeness (QED) is 0.156. The number of nitrogens with zero attached hydrogens (tertiary/aromatic N) is 4. The Morgan fingerprint density at radius 3 is 2.40 bits per heavy atom. The highest BCUT2D eigenvalue weighted by Gasteiger charge is 2.36. The van der Waals surface area contributed by atoms with Gasteiger partial charge in [0.2, 0.25) is 5.88 Å². The molecule has 2 aromatic heterocycles. The van der Waals surface area contributed by atoms with Crippen LogP contribution in [-0.4, -0.2) is 39.4 Å². The number of hydrogen-bond acceptors (Lipinski definition) is 7. The number of hydrogen-bond donors (Lipinski definition) is 2. The molecular weight excluding hydrogens is 649 g/mol. The van der Waals surface area contributed by atoms with E-state index in [1.807, 2.05) is 67.6 Å². The number of carbonyl (C=O) groups excluding carboxylic acids is 1. The molecule has 6 aromatic rings. The summed E-state index contributed by atoms with van der Waals surface area (Å²) in [6.07, 6.45) is 3.40. The van der Waals surface area contributed by atoms with E-state index in [1.54, 1.807) is 47.3 Å². The Morgan fingerprint density at radius 1 is 0.900 bits per heavy atom. The zero-order chi connectivity index (χ0) is 35.0. The minimum atomic E-state index is -3.30. The average Bonchev–Trinajstić information content (AvgIpc) is 3.87. The highest BCUT2D eigenvalue weighted by molar-refractivity contribution is 7.92. The van der Waals surface area contributed by atoms with Crippen molar-refractivity contribution < 1.29 is 17.9 Å². The Labute approximate surface area is 291 Å². The number of carbonyl (C=O) groups is 1. The summed E-state index contributed by atoms with van der Waals surface area (Å²) in [6.45, 7) is 8.28. The van der Waals surface area contributed by atoms with E-state index in [-0.39, 0.29) is 10.7 Å². The van der Waals surface area contributed by atoms with Crippen LogP contribution in [0.2, 0.25) is 0 Å². The van der Waals surface area contributed by atoms with E-state index in [4.69, 9.17) is 9.84 Å². The van der Waals surface area contributed by atoms with Crippen LogP contribution in [0, 0.1) is 6.92 Å². The molecule has 7 rings (SSSR count). The molecule has 0 bridgehead atoms. The minimum Gasteiger partial charge on any atom is -0.438 e. The molecule has 254 valence electrons. The van der Waals surface area contributed by atoms with E-state index >= 15 is 0 Å². The van der Waals surface area contributed by atoms with Crippen molar-refractivity contribution in [1.82, 2.24) is 19.7 Å². The highest BCUT2D eigenvalue weighted by atomic mass is 32.2. The van der Waals surface area contributed by atoms with E-state index < -0.39 is 15.9 Å². The molecule has 50 heavy (non-hydrogen) atoms. The normalized spacial score (nSPS) is 13.3. The molecular formula is C39H38N6O4S.